The van der Waals surface area contributed by atoms with Gasteiger partial charge in [0.15, 0.2) is 5.78 Å². The zero-order valence-corrected chi connectivity index (χ0v) is 10.8. The number of rotatable bonds is 2. The van der Waals surface area contributed by atoms with Crippen LogP contribution in [-0.2, 0) is 9.22 Å². The number of ketones is 1. The van der Waals surface area contributed by atoms with Crippen LogP contribution in [0.1, 0.15) is 26.7 Å². The van der Waals surface area contributed by atoms with Gasteiger partial charge in [0.05, 0.1) is 5.76 Å². The molecule has 0 unspecified atom stereocenters. The van der Waals surface area contributed by atoms with E-state index in [2.05, 4.69) is 33.5 Å². The largest absolute Gasteiger partial charge is 0.547 e. The van der Waals surface area contributed by atoms with Gasteiger partial charge in [0, 0.05) is 18.9 Å². The van der Waals surface area contributed by atoms with Crippen molar-refractivity contribution in [3.8, 4) is 0 Å². The van der Waals surface area contributed by atoms with E-state index in [1.165, 1.54) is 0 Å². The number of carbonyl (C=O) groups excluding carboxylic acids is 1. The first-order chi connectivity index (χ1) is 6.18. The van der Waals surface area contributed by atoms with Gasteiger partial charge in [-0.2, -0.15) is 0 Å². The molecule has 0 aromatic rings. The molecule has 0 aromatic heterocycles. The molecule has 0 aliphatic heterocycles. The lowest BCUT2D eigenvalue weighted by Crippen LogP contribution is -2.30. The summed E-state index contributed by atoms with van der Waals surface area (Å²) >= 11 is 0. The van der Waals surface area contributed by atoms with E-state index in [0.29, 0.717) is 6.42 Å². The van der Waals surface area contributed by atoms with Crippen LogP contribution in [0.3, 0.4) is 0 Å². The van der Waals surface area contributed by atoms with Crippen LogP contribution in [0.2, 0.25) is 19.6 Å². The van der Waals surface area contributed by atoms with Gasteiger partial charge in [0.1, 0.15) is 0 Å². The molecule has 0 fully saturated rings. The number of allylic oxidation sites excluding steroid dienone is 2. The first kappa shape index (κ1) is 11.5. The van der Waals surface area contributed by atoms with Crippen molar-refractivity contribution in [2.75, 3.05) is 0 Å². The van der Waals surface area contributed by atoms with Crippen molar-refractivity contribution in [2.45, 2.75) is 46.3 Å². The van der Waals surface area contributed by atoms with E-state index in [4.69, 9.17) is 4.43 Å². The third kappa shape index (κ3) is 3.66. The normalized spacial score (nSPS) is 21.8. The molecule has 0 radical (unpaired) electrons. The Balaban J connectivity index is 2.75. The summed E-state index contributed by atoms with van der Waals surface area (Å²) in [7, 11) is -1.56. The van der Waals surface area contributed by atoms with Gasteiger partial charge >= 0.3 is 0 Å². The summed E-state index contributed by atoms with van der Waals surface area (Å²) in [5, 5.41) is 0. The maximum atomic E-state index is 11.4. The highest BCUT2D eigenvalue weighted by Gasteiger charge is 2.30. The number of hydrogen-bond donors (Lipinski definition) is 0. The molecule has 14 heavy (non-hydrogen) atoms. The molecule has 0 saturated heterocycles. The van der Waals surface area contributed by atoms with E-state index in [1.54, 1.807) is 6.08 Å². The number of hydrogen-bond acceptors (Lipinski definition) is 2. The van der Waals surface area contributed by atoms with Gasteiger partial charge in [-0.25, -0.2) is 0 Å². The van der Waals surface area contributed by atoms with Crippen LogP contribution in [0.15, 0.2) is 11.8 Å². The SMILES string of the molecule is CC1(C)CC(=O)C=C(O[Si](C)(C)C)C1. The second kappa shape index (κ2) is 3.53. The van der Waals surface area contributed by atoms with Crippen molar-refractivity contribution in [1.29, 1.82) is 0 Å². The smallest absolute Gasteiger partial charge is 0.241 e. The van der Waals surface area contributed by atoms with Crippen LogP contribution in [0.5, 0.6) is 0 Å². The monoisotopic (exact) mass is 212 g/mol. The van der Waals surface area contributed by atoms with E-state index in [1.807, 2.05) is 0 Å². The highest BCUT2D eigenvalue weighted by atomic mass is 28.4. The molecule has 0 saturated carbocycles. The number of carbonyl (C=O) groups is 1. The molecule has 1 aliphatic carbocycles. The lowest BCUT2D eigenvalue weighted by Gasteiger charge is -2.32. The Morgan fingerprint density at radius 3 is 2.29 bits per heavy atom. The Kier molecular flexibility index (Phi) is 2.90. The van der Waals surface area contributed by atoms with E-state index in [9.17, 15) is 4.79 Å². The summed E-state index contributed by atoms with van der Waals surface area (Å²) < 4.78 is 5.86. The summed E-state index contributed by atoms with van der Waals surface area (Å²) in [6.45, 7) is 10.6. The molecule has 1 rings (SSSR count). The highest BCUT2D eigenvalue weighted by Crippen LogP contribution is 2.34. The zero-order chi connectivity index (χ0) is 11.0. The quantitative estimate of drug-likeness (QED) is 0.657. The van der Waals surface area contributed by atoms with E-state index >= 15 is 0 Å². The molecule has 0 aromatic carbocycles. The molecule has 2 nitrogen and oxygen atoms in total. The minimum Gasteiger partial charge on any atom is -0.547 e. The topological polar surface area (TPSA) is 26.3 Å². The van der Waals surface area contributed by atoms with Gasteiger partial charge in [-0.05, 0) is 25.1 Å². The molecule has 0 heterocycles. The Hall–Kier alpha value is -0.573. The maximum Gasteiger partial charge on any atom is 0.241 e. The standard InChI is InChI=1S/C11H20O2Si/c1-11(2)7-9(12)6-10(8-11)13-14(3,4)5/h6H,7-8H2,1-5H3. The van der Waals surface area contributed by atoms with Crippen LogP contribution in [0.25, 0.3) is 0 Å². The fraction of sp³-hybridized carbons (Fsp3) is 0.727. The maximum absolute atomic E-state index is 11.4. The first-order valence-corrected chi connectivity index (χ1v) is 8.51. The van der Waals surface area contributed by atoms with E-state index in [0.717, 1.165) is 12.2 Å². The summed E-state index contributed by atoms with van der Waals surface area (Å²) in [5.41, 5.74) is 0.0703. The van der Waals surface area contributed by atoms with Crippen LogP contribution in [-0.4, -0.2) is 14.1 Å². The second-order valence-corrected chi connectivity index (χ2v) is 10.2. The van der Waals surface area contributed by atoms with Gasteiger partial charge < -0.3 is 4.43 Å². The summed E-state index contributed by atoms with van der Waals surface area (Å²) in [4.78, 5) is 11.4. The van der Waals surface area contributed by atoms with Crippen molar-refractivity contribution in [2.24, 2.45) is 5.41 Å². The summed E-state index contributed by atoms with van der Waals surface area (Å²) in [6.07, 6.45) is 3.22. The van der Waals surface area contributed by atoms with Crippen molar-refractivity contribution in [1.82, 2.24) is 0 Å². The Morgan fingerprint density at radius 2 is 1.86 bits per heavy atom. The summed E-state index contributed by atoms with van der Waals surface area (Å²) in [6, 6.07) is 0. The van der Waals surface area contributed by atoms with Gasteiger partial charge in [-0.15, -0.1) is 0 Å². The van der Waals surface area contributed by atoms with Crippen LogP contribution in [0, 0.1) is 5.41 Å². The minimum absolute atomic E-state index is 0.0703. The predicted molar refractivity (Wildman–Crippen MR) is 60.5 cm³/mol. The molecule has 0 spiro atoms. The van der Waals surface area contributed by atoms with Crippen molar-refractivity contribution < 1.29 is 9.22 Å². The lowest BCUT2D eigenvalue weighted by atomic mass is 9.80. The molecule has 0 N–H and O–H groups in total. The van der Waals surface area contributed by atoms with Crippen molar-refractivity contribution in [3.63, 3.8) is 0 Å². The van der Waals surface area contributed by atoms with Crippen LogP contribution in [0.4, 0.5) is 0 Å². The molecule has 80 valence electrons. The van der Waals surface area contributed by atoms with E-state index < -0.39 is 8.32 Å². The van der Waals surface area contributed by atoms with Gasteiger partial charge in [-0.1, -0.05) is 13.8 Å². The highest BCUT2D eigenvalue weighted by molar-refractivity contribution is 6.70. The Bertz CT molecular complexity index is 272. The molecule has 1 aliphatic rings. The van der Waals surface area contributed by atoms with Crippen molar-refractivity contribution in [3.05, 3.63) is 11.8 Å². The minimum atomic E-state index is -1.56. The average Bonchev–Trinajstić information content (AvgIpc) is 1.74. The summed E-state index contributed by atoms with van der Waals surface area (Å²) in [5.74, 6) is 1.10. The van der Waals surface area contributed by atoms with E-state index in [-0.39, 0.29) is 11.2 Å². The molecule has 3 heteroatoms. The predicted octanol–water partition coefficient (Wildman–Crippen LogP) is 3.11. The molecule has 0 atom stereocenters. The van der Waals surface area contributed by atoms with Gasteiger partial charge in [-0.3, -0.25) is 4.79 Å². The fourth-order valence-electron chi connectivity index (χ4n) is 1.75. The lowest BCUT2D eigenvalue weighted by molar-refractivity contribution is -0.117. The Morgan fingerprint density at radius 1 is 1.29 bits per heavy atom. The van der Waals surface area contributed by atoms with Gasteiger partial charge in [0.25, 0.3) is 0 Å². The third-order valence-electron chi connectivity index (χ3n) is 2.06. The van der Waals surface area contributed by atoms with Gasteiger partial charge in [0.2, 0.25) is 8.32 Å². The average molecular weight is 212 g/mol. The molecular weight excluding hydrogens is 192 g/mol. The Labute approximate surface area is 87.5 Å². The van der Waals surface area contributed by atoms with Crippen molar-refractivity contribution >= 4 is 14.1 Å². The first-order valence-electron chi connectivity index (χ1n) is 5.10. The molecule has 0 amide bonds. The van der Waals surface area contributed by atoms with Crippen LogP contribution >= 0.6 is 0 Å². The molecule has 0 bridgehead atoms. The zero-order valence-electron chi connectivity index (χ0n) is 9.81. The molecular formula is C11H20O2Si. The second-order valence-electron chi connectivity index (χ2n) is 5.81. The third-order valence-corrected chi connectivity index (χ3v) is 2.94. The fourth-order valence-corrected chi connectivity index (χ4v) is 2.66. The van der Waals surface area contributed by atoms with Crippen LogP contribution < -0.4 is 0 Å².